The normalized spacial score (nSPS) is 18.8. The van der Waals surface area contributed by atoms with Crippen LogP contribution in [0.2, 0.25) is 0 Å². The molecule has 0 amide bonds. The molecular formula is C31H32N2O4S. The summed E-state index contributed by atoms with van der Waals surface area (Å²) in [5, 5.41) is 0.887. The van der Waals surface area contributed by atoms with E-state index in [0.717, 1.165) is 61.1 Å². The van der Waals surface area contributed by atoms with Crippen LogP contribution >= 0.6 is 0 Å². The van der Waals surface area contributed by atoms with Crippen molar-refractivity contribution in [2.45, 2.75) is 45.6 Å². The van der Waals surface area contributed by atoms with Crippen molar-refractivity contribution in [2.24, 2.45) is 5.92 Å². The van der Waals surface area contributed by atoms with E-state index in [9.17, 15) is 13.2 Å². The molecule has 6 nitrogen and oxygen atoms in total. The third-order valence-electron chi connectivity index (χ3n) is 7.92. The van der Waals surface area contributed by atoms with E-state index in [1.807, 2.05) is 37.3 Å². The number of hydrogen-bond acceptors (Lipinski definition) is 5. The van der Waals surface area contributed by atoms with Crippen molar-refractivity contribution in [3.63, 3.8) is 0 Å². The van der Waals surface area contributed by atoms with Gasteiger partial charge in [0.05, 0.1) is 16.1 Å². The number of rotatable bonds is 7. The van der Waals surface area contributed by atoms with Crippen molar-refractivity contribution in [3.8, 4) is 5.75 Å². The SMILES string of the molecule is CC1=CC=C(S(=O)(=O)Oc2ccc3cc4n(c3c2)C(=O)C(CC2CCN(Cc3ccccc3)CC2)=C4)CC1. The zero-order valence-corrected chi connectivity index (χ0v) is 22.4. The highest BCUT2D eigenvalue weighted by atomic mass is 32.2. The van der Waals surface area contributed by atoms with Gasteiger partial charge in [0.2, 0.25) is 0 Å². The Labute approximate surface area is 224 Å². The zero-order valence-electron chi connectivity index (χ0n) is 21.6. The summed E-state index contributed by atoms with van der Waals surface area (Å²) in [5.74, 6) is 0.688. The highest BCUT2D eigenvalue weighted by molar-refractivity contribution is 7.91. The molecule has 2 aliphatic heterocycles. The number of carbonyl (C=O) groups excluding carboxylic acids is 1. The Morgan fingerprint density at radius 3 is 2.50 bits per heavy atom. The summed E-state index contributed by atoms with van der Waals surface area (Å²) in [7, 11) is -3.89. The first kappa shape index (κ1) is 24.9. The van der Waals surface area contributed by atoms with Crippen molar-refractivity contribution in [3.05, 3.63) is 94.1 Å². The second-order valence-corrected chi connectivity index (χ2v) is 12.3. The highest BCUT2D eigenvalue weighted by Gasteiger charge is 2.29. The van der Waals surface area contributed by atoms with Crippen LogP contribution in [0.25, 0.3) is 17.0 Å². The van der Waals surface area contributed by atoms with Gasteiger partial charge < -0.3 is 4.18 Å². The smallest absolute Gasteiger partial charge is 0.335 e. The van der Waals surface area contributed by atoms with Crippen molar-refractivity contribution in [1.82, 2.24) is 9.47 Å². The Hall–Kier alpha value is -3.42. The predicted molar refractivity (Wildman–Crippen MR) is 150 cm³/mol. The molecule has 1 saturated heterocycles. The van der Waals surface area contributed by atoms with E-state index >= 15 is 0 Å². The fourth-order valence-electron chi connectivity index (χ4n) is 5.73. The maximum atomic E-state index is 13.4. The topological polar surface area (TPSA) is 68.6 Å². The Balaban J connectivity index is 1.13. The van der Waals surface area contributed by atoms with Crippen molar-refractivity contribution >= 4 is 33.0 Å². The summed E-state index contributed by atoms with van der Waals surface area (Å²) in [6.07, 6.45) is 9.50. The van der Waals surface area contributed by atoms with Crippen LogP contribution in [0.3, 0.4) is 0 Å². The third-order valence-corrected chi connectivity index (χ3v) is 9.31. The van der Waals surface area contributed by atoms with Crippen LogP contribution in [0.1, 0.15) is 55.1 Å². The van der Waals surface area contributed by atoms with Gasteiger partial charge in [0.15, 0.2) is 0 Å². The molecule has 0 saturated carbocycles. The van der Waals surface area contributed by atoms with Crippen molar-refractivity contribution in [2.75, 3.05) is 13.1 Å². The average Bonchev–Trinajstić information content (AvgIpc) is 3.41. The predicted octanol–water partition coefficient (Wildman–Crippen LogP) is 6.31. The van der Waals surface area contributed by atoms with Gasteiger partial charge in [-0.05, 0) is 93.9 Å². The monoisotopic (exact) mass is 528 g/mol. The number of carbonyl (C=O) groups is 1. The Kier molecular flexibility index (Phi) is 6.58. The van der Waals surface area contributed by atoms with E-state index in [4.69, 9.17) is 4.18 Å². The van der Waals surface area contributed by atoms with Gasteiger partial charge in [-0.2, -0.15) is 8.42 Å². The van der Waals surface area contributed by atoms with Crippen molar-refractivity contribution < 1.29 is 17.4 Å². The average molecular weight is 529 g/mol. The molecule has 3 aromatic rings. The minimum Gasteiger partial charge on any atom is -0.379 e. The summed E-state index contributed by atoms with van der Waals surface area (Å²) in [5.41, 5.74) is 4.84. The van der Waals surface area contributed by atoms with Gasteiger partial charge in [-0.1, -0.05) is 42.0 Å². The Bertz CT molecular complexity index is 1590. The molecule has 1 aliphatic carbocycles. The minimum atomic E-state index is -3.89. The summed E-state index contributed by atoms with van der Waals surface area (Å²) in [4.78, 5) is 16.2. The number of hydrogen-bond donors (Lipinski definition) is 0. The lowest BCUT2D eigenvalue weighted by atomic mass is 9.89. The molecule has 6 rings (SSSR count). The minimum absolute atomic E-state index is 0.0164. The molecule has 3 aliphatic rings. The van der Waals surface area contributed by atoms with Crippen LogP contribution < -0.4 is 4.18 Å². The van der Waals surface area contributed by atoms with Crippen LogP contribution in [-0.2, 0) is 16.7 Å². The van der Waals surface area contributed by atoms with Gasteiger partial charge in [-0.25, -0.2) is 0 Å². The zero-order chi connectivity index (χ0) is 26.3. The quantitative estimate of drug-likeness (QED) is 0.336. The van der Waals surface area contributed by atoms with Gasteiger partial charge in [0.1, 0.15) is 5.75 Å². The van der Waals surface area contributed by atoms with E-state index in [2.05, 4.69) is 29.2 Å². The van der Waals surface area contributed by atoms with Crippen molar-refractivity contribution in [1.29, 1.82) is 0 Å². The van der Waals surface area contributed by atoms with Crippen LogP contribution in [-0.4, -0.2) is 36.9 Å². The maximum absolute atomic E-state index is 13.4. The molecule has 1 fully saturated rings. The van der Waals surface area contributed by atoms with E-state index in [-0.39, 0.29) is 16.6 Å². The lowest BCUT2D eigenvalue weighted by molar-refractivity contribution is 0.0954. The van der Waals surface area contributed by atoms with Crippen LogP contribution in [0, 0.1) is 5.92 Å². The first-order valence-corrected chi connectivity index (χ1v) is 14.7. The molecule has 38 heavy (non-hydrogen) atoms. The van der Waals surface area contributed by atoms with Gasteiger partial charge >= 0.3 is 10.1 Å². The second-order valence-electron chi connectivity index (χ2n) is 10.7. The molecule has 3 heterocycles. The number of aromatic nitrogens is 1. The molecule has 196 valence electrons. The Morgan fingerprint density at radius 1 is 0.974 bits per heavy atom. The molecule has 0 unspecified atom stereocenters. The van der Waals surface area contributed by atoms with E-state index < -0.39 is 10.1 Å². The van der Waals surface area contributed by atoms with E-state index in [0.29, 0.717) is 24.3 Å². The molecule has 0 bridgehead atoms. The second kappa shape index (κ2) is 10.0. The van der Waals surface area contributed by atoms with Crippen LogP contribution in [0.5, 0.6) is 5.75 Å². The fourth-order valence-corrected chi connectivity index (χ4v) is 6.78. The van der Waals surface area contributed by atoms with Crippen LogP contribution in [0.15, 0.2) is 82.8 Å². The molecule has 1 aromatic heterocycles. The summed E-state index contributed by atoms with van der Waals surface area (Å²) in [6.45, 7) is 5.03. The van der Waals surface area contributed by atoms with Gasteiger partial charge in [-0.3, -0.25) is 14.3 Å². The largest absolute Gasteiger partial charge is 0.379 e. The van der Waals surface area contributed by atoms with Gasteiger partial charge in [-0.15, -0.1) is 0 Å². The number of allylic oxidation sites excluding steroid dienone is 5. The summed E-state index contributed by atoms with van der Waals surface area (Å²) in [6, 6.07) is 17.7. The molecule has 0 spiro atoms. The number of piperidine rings is 1. The molecule has 0 N–H and O–H groups in total. The number of nitrogens with zero attached hydrogens (tertiary/aromatic N) is 2. The molecular weight excluding hydrogens is 496 g/mol. The first-order chi connectivity index (χ1) is 18.4. The number of benzene rings is 2. The summed E-state index contributed by atoms with van der Waals surface area (Å²) < 4.78 is 32.8. The lowest BCUT2D eigenvalue weighted by Gasteiger charge is -2.32. The summed E-state index contributed by atoms with van der Waals surface area (Å²) >= 11 is 0. The van der Waals surface area contributed by atoms with Gasteiger partial charge in [0, 0.05) is 23.6 Å². The number of fused-ring (bicyclic) bond motifs is 3. The fraction of sp³-hybridized carbons (Fsp3) is 0.323. The maximum Gasteiger partial charge on any atom is 0.335 e. The molecule has 0 atom stereocenters. The third kappa shape index (κ3) is 5.00. The first-order valence-electron chi connectivity index (χ1n) is 13.3. The Morgan fingerprint density at radius 2 is 1.76 bits per heavy atom. The van der Waals surface area contributed by atoms with E-state index in [1.165, 1.54) is 5.56 Å². The lowest BCUT2D eigenvalue weighted by Crippen LogP contribution is -2.33. The molecule has 7 heteroatoms. The van der Waals surface area contributed by atoms with Crippen LogP contribution in [0.4, 0.5) is 0 Å². The molecule has 0 radical (unpaired) electrons. The molecule has 2 aromatic carbocycles. The van der Waals surface area contributed by atoms with E-state index in [1.54, 1.807) is 22.8 Å². The standard InChI is InChI=1S/C31H32N2O4S/c1-22-7-11-29(12-8-22)38(35,36)37-28-10-9-25-18-27-19-26(31(34)33(27)30(25)20-28)17-23-13-15-32(16-14-23)21-24-5-3-2-4-6-24/h2-7,9-11,18-20,23H,8,12-17,21H2,1H3. The van der Waals surface area contributed by atoms with Gasteiger partial charge in [0.25, 0.3) is 5.91 Å². The number of likely N-dealkylation sites (tertiary alicyclic amines) is 1. The highest BCUT2D eigenvalue weighted by Crippen LogP contribution is 2.35.